The van der Waals surface area contributed by atoms with E-state index in [0.29, 0.717) is 0 Å². The second-order valence-electron chi connectivity index (χ2n) is 5.45. The number of carboxylic acids is 1. The Labute approximate surface area is 134 Å². The molecule has 0 saturated heterocycles. The molecule has 4 heteroatoms. The Morgan fingerprint density at radius 1 is 0.864 bits per heavy atom. The highest BCUT2D eigenvalue weighted by atomic mass is 16.5. The molecule has 0 atom stereocenters. The Morgan fingerprint density at radius 2 is 1.41 bits per heavy atom. The zero-order chi connectivity index (χ0) is 16.5. The number of hydrogen-bond donors (Lipinski definition) is 1. The van der Waals surface area contributed by atoms with Crippen molar-refractivity contribution in [1.29, 1.82) is 0 Å². The predicted molar refractivity (Wildman–Crippen MR) is 88.5 cm³/mol. The van der Waals surface area contributed by atoms with Crippen molar-refractivity contribution in [3.8, 4) is 0 Å². The van der Waals surface area contributed by atoms with Crippen LogP contribution in [-0.4, -0.2) is 17.0 Å². The van der Waals surface area contributed by atoms with Crippen LogP contribution in [0.25, 0.3) is 0 Å². The minimum Gasteiger partial charge on any atom is -0.478 e. The van der Waals surface area contributed by atoms with Gasteiger partial charge >= 0.3 is 11.9 Å². The molecule has 1 N–H and O–H groups in total. The predicted octanol–water partition coefficient (Wildman–Crippen LogP) is 5.00. The first-order valence-electron chi connectivity index (χ1n) is 8.43. The van der Waals surface area contributed by atoms with Gasteiger partial charge in [0.1, 0.15) is 0 Å². The van der Waals surface area contributed by atoms with E-state index in [0.717, 1.165) is 25.0 Å². The molecule has 0 aliphatic rings. The Hall–Kier alpha value is -1.58. The SMILES string of the molecule is CCCCCCCCCCCCC=COC(=O)/C=C\C(=O)O. The molecule has 22 heavy (non-hydrogen) atoms. The molecule has 0 saturated carbocycles. The number of carboxylic acid groups (broad SMARTS) is 1. The number of aliphatic carboxylic acids is 1. The molecule has 0 aliphatic heterocycles. The molecule has 0 heterocycles. The van der Waals surface area contributed by atoms with Gasteiger partial charge in [-0.3, -0.25) is 0 Å². The number of hydrogen-bond acceptors (Lipinski definition) is 3. The van der Waals surface area contributed by atoms with Gasteiger partial charge in [0.05, 0.1) is 6.26 Å². The number of unbranched alkanes of at least 4 members (excludes halogenated alkanes) is 10. The lowest BCUT2D eigenvalue weighted by Gasteiger charge is -2.01. The average molecular weight is 310 g/mol. The maximum absolute atomic E-state index is 11.0. The van der Waals surface area contributed by atoms with E-state index in [-0.39, 0.29) is 0 Å². The summed E-state index contributed by atoms with van der Waals surface area (Å²) in [7, 11) is 0. The Kier molecular flexibility index (Phi) is 14.7. The number of ether oxygens (including phenoxy) is 1. The van der Waals surface area contributed by atoms with E-state index in [2.05, 4.69) is 6.92 Å². The maximum Gasteiger partial charge on any atom is 0.335 e. The van der Waals surface area contributed by atoms with Gasteiger partial charge in [-0.2, -0.15) is 0 Å². The number of carbonyl (C=O) groups excluding carboxylic acids is 1. The van der Waals surface area contributed by atoms with Crippen molar-refractivity contribution in [3.63, 3.8) is 0 Å². The molecule has 0 fully saturated rings. The Bertz CT molecular complexity index is 345. The molecular formula is C18H30O4. The van der Waals surface area contributed by atoms with Gasteiger partial charge in [0.15, 0.2) is 0 Å². The van der Waals surface area contributed by atoms with E-state index in [4.69, 9.17) is 9.84 Å². The van der Waals surface area contributed by atoms with Crippen molar-refractivity contribution in [2.45, 2.75) is 77.6 Å². The fourth-order valence-electron chi connectivity index (χ4n) is 2.11. The highest BCUT2D eigenvalue weighted by molar-refractivity contribution is 5.90. The van der Waals surface area contributed by atoms with Crippen molar-refractivity contribution >= 4 is 11.9 Å². The topological polar surface area (TPSA) is 63.6 Å². The molecule has 0 aliphatic carbocycles. The number of esters is 1. The first-order valence-corrected chi connectivity index (χ1v) is 8.43. The average Bonchev–Trinajstić information content (AvgIpc) is 2.49. The molecule has 0 bridgehead atoms. The van der Waals surface area contributed by atoms with Gasteiger partial charge in [0.2, 0.25) is 0 Å². The van der Waals surface area contributed by atoms with Gasteiger partial charge in [-0.25, -0.2) is 9.59 Å². The van der Waals surface area contributed by atoms with Crippen LogP contribution < -0.4 is 0 Å². The third-order valence-electron chi connectivity index (χ3n) is 3.37. The molecule has 0 aromatic carbocycles. The van der Waals surface area contributed by atoms with Gasteiger partial charge in [-0.15, -0.1) is 0 Å². The van der Waals surface area contributed by atoms with Crippen molar-refractivity contribution < 1.29 is 19.4 Å². The fourth-order valence-corrected chi connectivity index (χ4v) is 2.11. The van der Waals surface area contributed by atoms with E-state index in [9.17, 15) is 9.59 Å². The van der Waals surface area contributed by atoms with Crippen molar-refractivity contribution in [2.75, 3.05) is 0 Å². The summed E-state index contributed by atoms with van der Waals surface area (Å²) in [5.74, 6) is -1.83. The minimum atomic E-state index is -1.16. The van der Waals surface area contributed by atoms with Crippen LogP contribution in [0.4, 0.5) is 0 Å². The second-order valence-corrected chi connectivity index (χ2v) is 5.45. The Balaban J connectivity index is 3.30. The highest BCUT2D eigenvalue weighted by Crippen LogP contribution is 2.11. The van der Waals surface area contributed by atoms with Gasteiger partial charge in [0, 0.05) is 12.2 Å². The van der Waals surface area contributed by atoms with Crippen molar-refractivity contribution in [1.82, 2.24) is 0 Å². The zero-order valence-corrected chi connectivity index (χ0v) is 13.8. The van der Waals surface area contributed by atoms with E-state index in [1.165, 1.54) is 64.0 Å². The van der Waals surface area contributed by atoms with Crippen LogP contribution in [0.1, 0.15) is 77.6 Å². The van der Waals surface area contributed by atoms with Crippen LogP contribution in [0.2, 0.25) is 0 Å². The third kappa shape index (κ3) is 16.5. The van der Waals surface area contributed by atoms with E-state index < -0.39 is 11.9 Å². The molecule has 4 nitrogen and oxygen atoms in total. The monoisotopic (exact) mass is 310 g/mol. The van der Waals surface area contributed by atoms with Gasteiger partial charge in [-0.05, 0) is 18.9 Å². The molecule has 0 amide bonds. The van der Waals surface area contributed by atoms with Crippen molar-refractivity contribution in [3.05, 3.63) is 24.5 Å². The number of allylic oxidation sites excluding steroid dienone is 1. The summed E-state index contributed by atoms with van der Waals surface area (Å²) in [6, 6.07) is 0. The third-order valence-corrected chi connectivity index (χ3v) is 3.37. The molecule has 0 unspecified atom stereocenters. The smallest absolute Gasteiger partial charge is 0.335 e. The normalized spacial score (nSPS) is 11.3. The summed E-state index contributed by atoms with van der Waals surface area (Å²) in [5, 5.41) is 8.33. The fraction of sp³-hybridized carbons (Fsp3) is 0.667. The lowest BCUT2D eigenvalue weighted by atomic mass is 10.1. The lowest BCUT2D eigenvalue weighted by molar-refractivity contribution is -0.134. The molecule has 0 rings (SSSR count). The van der Waals surface area contributed by atoms with Gasteiger partial charge < -0.3 is 9.84 Å². The number of rotatable bonds is 14. The van der Waals surface area contributed by atoms with Gasteiger partial charge in [-0.1, -0.05) is 64.7 Å². The maximum atomic E-state index is 11.0. The summed E-state index contributed by atoms with van der Waals surface area (Å²) >= 11 is 0. The molecule has 0 radical (unpaired) electrons. The summed E-state index contributed by atoms with van der Waals surface area (Å²) in [6.07, 6.45) is 18.7. The minimum absolute atomic E-state index is 0.665. The van der Waals surface area contributed by atoms with Crippen LogP contribution in [0.15, 0.2) is 24.5 Å². The van der Waals surface area contributed by atoms with Crippen LogP contribution >= 0.6 is 0 Å². The first-order chi connectivity index (χ1) is 10.7. The quantitative estimate of drug-likeness (QED) is 0.212. The molecule has 0 aromatic rings. The van der Waals surface area contributed by atoms with Crippen LogP contribution in [-0.2, 0) is 14.3 Å². The van der Waals surface area contributed by atoms with Gasteiger partial charge in [0.25, 0.3) is 0 Å². The van der Waals surface area contributed by atoms with Crippen LogP contribution in [0.3, 0.4) is 0 Å². The van der Waals surface area contributed by atoms with Crippen molar-refractivity contribution in [2.24, 2.45) is 0 Å². The first kappa shape index (κ1) is 20.4. The van der Waals surface area contributed by atoms with E-state index >= 15 is 0 Å². The molecule has 126 valence electrons. The zero-order valence-electron chi connectivity index (χ0n) is 13.8. The summed E-state index contributed by atoms with van der Waals surface area (Å²) in [4.78, 5) is 21.2. The van der Waals surface area contributed by atoms with Crippen LogP contribution in [0.5, 0.6) is 0 Å². The number of carbonyl (C=O) groups is 2. The Morgan fingerprint density at radius 3 is 1.95 bits per heavy atom. The summed E-state index contributed by atoms with van der Waals surface area (Å²) in [5.41, 5.74) is 0. The summed E-state index contributed by atoms with van der Waals surface area (Å²) < 4.78 is 4.71. The van der Waals surface area contributed by atoms with E-state index in [1.54, 1.807) is 6.08 Å². The summed E-state index contributed by atoms with van der Waals surface area (Å²) in [6.45, 7) is 2.24. The molecular weight excluding hydrogens is 280 g/mol. The second kappa shape index (κ2) is 15.8. The standard InChI is InChI=1S/C18H30O4/c1-2-3-4-5-6-7-8-9-10-11-12-13-16-22-18(21)15-14-17(19)20/h13-16H,2-12H2,1H3,(H,19,20)/b15-14-,16-13?. The van der Waals surface area contributed by atoms with E-state index in [1.807, 2.05) is 0 Å². The van der Waals surface area contributed by atoms with Crippen LogP contribution in [0, 0.1) is 0 Å². The lowest BCUT2D eigenvalue weighted by Crippen LogP contribution is -1.96. The largest absolute Gasteiger partial charge is 0.478 e. The molecule has 0 spiro atoms. The highest BCUT2D eigenvalue weighted by Gasteiger charge is 1.95. The molecule has 0 aromatic heterocycles.